The van der Waals surface area contributed by atoms with Crippen molar-refractivity contribution < 1.29 is 28.3 Å². The molecular formula is C30H25ClF2N4O4. The van der Waals surface area contributed by atoms with Crippen LogP contribution in [-0.4, -0.2) is 39.4 Å². The average molecular weight is 579 g/mol. The molecule has 0 unspecified atom stereocenters. The van der Waals surface area contributed by atoms with Gasteiger partial charge in [0.25, 0.3) is 0 Å². The fourth-order valence-electron chi connectivity index (χ4n) is 5.04. The second-order valence-corrected chi connectivity index (χ2v) is 10.2. The van der Waals surface area contributed by atoms with E-state index >= 15 is 0 Å². The second-order valence-electron chi connectivity index (χ2n) is 9.79. The van der Waals surface area contributed by atoms with Crippen molar-refractivity contribution in [2.24, 2.45) is 5.92 Å². The molecule has 2 bridgehead atoms. The molecule has 5 rings (SSSR count). The van der Waals surface area contributed by atoms with Crippen LogP contribution >= 0.6 is 11.6 Å². The molecule has 41 heavy (non-hydrogen) atoms. The molecule has 0 saturated carbocycles. The lowest BCUT2D eigenvalue weighted by Gasteiger charge is -2.34. The number of hydrogen-bond acceptors (Lipinski definition) is 4. The predicted octanol–water partition coefficient (Wildman–Crippen LogP) is 6.66. The van der Waals surface area contributed by atoms with Gasteiger partial charge < -0.3 is 15.3 Å². The number of amides is 3. The monoisotopic (exact) mass is 578 g/mol. The molecule has 8 nitrogen and oxygen atoms in total. The van der Waals surface area contributed by atoms with Gasteiger partial charge in [0.15, 0.2) is 5.82 Å². The highest BCUT2D eigenvalue weighted by Gasteiger charge is 2.30. The summed E-state index contributed by atoms with van der Waals surface area (Å²) in [6.07, 6.45) is 5.65. The first-order valence-electron chi connectivity index (χ1n) is 12.8. The van der Waals surface area contributed by atoms with E-state index < -0.39 is 35.6 Å². The molecule has 2 aliphatic rings. The Morgan fingerprint density at radius 2 is 1.98 bits per heavy atom. The maximum Gasteiger partial charge on any atom is 0.409 e. The first kappa shape index (κ1) is 28.0. The topological polar surface area (TPSA) is 112 Å². The predicted molar refractivity (Wildman–Crippen MR) is 151 cm³/mol. The molecule has 3 aromatic rings. The van der Waals surface area contributed by atoms with Crippen LogP contribution in [0.2, 0.25) is 5.02 Å². The molecule has 3 heterocycles. The van der Waals surface area contributed by atoms with Crippen molar-refractivity contribution in [3.8, 4) is 11.1 Å². The Kier molecular flexibility index (Phi) is 7.85. The number of nitrogens with zero attached hydrogens (tertiary/aromatic N) is 2. The number of pyridine rings is 1. The normalized spacial score (nSPS) is 19.7. The van der Waals surface area contributed by atoms with Crippen LogP contribution in [-0.2, 0) is 9.59 Å². The fourth-order valence-corrected chi connectivity index (χ4v) is 5.19. The van der Waals surface area contributed by atoms with Crippen LogP contribution in [0.4, 0.5) is 25.0 Å². The quantitative estimate of drug-likeness (QED) is 0.238. The maximum absolute atomic E-state index is 14.7. The SMILES string of the molecule is C[C@@H]1/C=C/C[C@H](N2CCC(c3c(F)ccc(Cl)c3F)=CC2=O)c2cc(ccn2)-c2ccc(NC(=O)O)cc2NC1=O. The summed E-state index contributed by atoms with van der Waals surface area (Å²) in [7, 11) is 0. The number of halogens is 3. The molecule has 210 valence electrons. The van der Waals surface area contributed by atoms with E-state index in [1.807, 2.05) is 6.07 Å². The summed E-state index contributed by atoms with van der Waals surface area (Å²) in [6, 6.07) is 10.0. The summed E-state index contributed by atoms with van der Waals surface area (Å²) in [5.74, 6) is -2.97. The molecule has 0 saturated heterocycles. The molecule has 2 aliphatic heterocycles. The van der Waals surface area contributed by atoms with Crippen molar-refractivity contribution >= 4 is 46.5 Å². The molecule has 3 N–H and O–H groups in total. The van der Waals surface area contributed by atoms with Gasteiger partial charge >= 0.3 is 6.09 Å². The fraction of sp³-hybridized carbons (Fsp3) is 0.200. The molecule has 2 atom stereocenters. The van der Waals surface area contributed by atoms with Crippen molar-refractivity contribution in [2.75, 3.05) is 17.2 Å². The van der Waals surface area contributed by atoms with E-state index in [1.54, 1.807) is 48.4 Å². The highest BCUT2D eigenvalue weighted by atomic mass is 35.5. The lowest BCUT2D eigenvalue weighted by atomic mass is 9.94. The third-order valence-corrected chi connectivity index (χ3v) is 7.40. The molecule has 11 heteroatoms. The summed E-state index contributed by atoms with van der Waals surface area (Å²) in [6.45, 7) is 1.90. The minimum atomic E-state index is -1.24. The van der Waals surface area contributed by atoms with Gasteiger partial charge in [-0.05, 0) is 60.4 Å². The van der Waals surface area contributed by atoms with Crippen LogP contribution in [0.25, 0.3) is 16.7 Å². The zero-order chi connectivity index (χ0) is 29.3. The van der Waals surface area contributed by atoms with Gasteiger partial charge in [0.1, 0.15) is 5.82 Å². The summed E-state index contributed by atoms with van der Waals surface area (Å²) in [4.78, 5) is 43.7. The van der Waals surface area contributed by atoms with Gasteiger partial charge in [-0.2, -0.15) is 0 Å². The molecule has 2 aromatic carbocycles. The first-order valence-corrected chi connectivity index (χ1v) is 13.2. The highest BCUT2D eigenvalue weighted by molar-refractivity contribution is 6.31. The van der Waals surface area contributed by atoms with Gasteiger partial charge in [-0.3, -0.25) is 19.9 Å². The molecule has 3 amide bonds. The van der Waals surface area contributed by atoms with Crippen molar-refractivity contribution in [3.05, 3.63) is 94.8 Å². The van der Waals surface area contributed by atoms with Crippen LogP contribution in [0.15, 0.2) is 66.9 Å². The number of benzene rings is 2. The Morgan fingerprint density at radius 1 is 1.17 bits per heavy atom. The Balaban J connectivity index is 1.55. The van der Waals surface area contributed by atoms with Crippen LogP contribution in [0.1, 0.15) is 37.1 Å². The largest absolute Gasteiger partial charge is 0.465 e. The number of nitrogens with one attached hydrogen (secondary N) is 2. The summed E-state index contributed by atoms with van der Waals surface area (Å²) in [5.41, 5.74) is 2.51. The third-order valence-electron chi connectivity index (χ3n) is 7.10. The second kappa shape index (κ2) is 11.5. The minimum absolute atomic E-state index is 0.178. The first-order chi connectivity index (χ1) is 19.6. The maximum atomic E-state index is 14.7. The number of carbonyl (C=O) groups is 3. The minimum Gasteiger partial charge on any atom is -0.465 e. The van der Waals surface area contributed by atoms with Crippen LogP contribution in [0.5, 0.6) is 0 Å². The van der Waals surface area contributed by atoms with E-state index in [1.165, 1.54) is 12.1 Å². The lowest BCUT2D eigenvalue weighted by molar-refractivity contribution is -0.129. The van der Waals surface area contributed by atoms with E-state index in [9.17, 15) is 23.2 Å². The van der Waals surface area contributed by atoms with Crippen molar-refractivity contribution in [1.82, 2.24) is 9.88 Å². The number of carbonyl (C=O) groups excluding carboxylic acids is 2. The summed E-state index contributed by atoms with van der Waals surface area (Å²) >= 11 is 5.87. The highest BCUT2D eigenvalue weighted by Crippen LogP contribution is 2.37. The van der Waals surface area contributed by atoms with Crippen molar-refractivity contribution in [3.63, 3.8) is 0 Å². The van der Waals surface area contributed by atoms with Crippen LogP contribution in [0.3, 0.4) is 0 Å². The molecular weight excluding hydrogens is 554 g/mol. The Bertz CT molecular complexity index is 1620. The van der Waals surface area contributed by atoms with Gasteiger partial charge in [0.05, 0.1) is 33.9 Å². The van der Waals surface area contributed by atoms with Crippen molar-refractivity contribution in [1.29, 1.82) is 0 Å². The number of rotatable bonds is 3. The number of aromatic nitrogens is 1. The van der Waals surface area contributed by atoms with Gasteiger partial charge in [-0.15, -0.1) is 0 Å². The average Bonchev–Trinajstić information content (AvgIpc) is 2.93. The number of fused-ring (bicyclic) bond motifs is 4. The lowest BCUT2D eigenvalue weighted by Crippen LogP contribution is -2.37. The van der Waals surface area contributed by atoms with Gasteiger partial charge in [0.2, 0.25) is 11.8 Å². The van der Waals surface area contributed by atoms with Gasteiger partial charge in [-0.1, -0.05) is 36.7 Å². The van der Waals surface area contributed by atoms with Crippen molar-refractivity contribution in [2.45, 2.75) is 25.8 Å². The molecule has 0 radical (unpaired) electrons. The third kappa shape index (κ3) is 5.83. The molecule has 0 fully saturated rings. The van der Waals surface area contributed by atoms with Crippen LogP contribution < -0.4 is 10.6 Å². The number of carboxylic acid groups (broad SMARTS) is 1. The number of hydrogen-bond donors (Lipinski definition) is 3. The van der Waals surface area contributed by atoms with Gasteiger partial charge in [0, 0.05) is 30.1 Å². The summed E-state index contributed by atoms with van der Waals surface area (Å²) in [5, 5.41) is 14.1. The summed E-state index contributed by atoms with van der Waals surface area (Å²) < 4.78 is 29.2. The smallest absolute Gasteiger partial charge is 0.409 e. The molecule has 1 aromatic heterocycles. The zero-order valence-electron chi connectivity index (χ0n) is 21.8. The Morgan fingerprint density at radius 3 is 2.73 bits per heavy atom. The van der Waals surface area contributed by atoms with E-state index in [-0.39, 0.29) is 40.7 Å². The van der Waals surface area contributed by atoms with E-state index in [0.717, 1.165) is 12.1 Å². The molecule has 0 aliphatic carbocycles. The van der Waals surface area contributed by atoms with E-state index in [2.05, 4.69) is 15.6 Å². The Hall–Kier alpha value is -4.57. The standard InChI is InChI=1S/C30H25ClF2N4O4/c1-16-3-2-4-25(37-12-10-18(14-26(37)38)27-22(32)8-7-21(31)28(27)33)24-13-17(9-11-34-24)20-6-5-19(35-30(40)41)15-23(20)36-29(16)39/h2-3,5-9,11,13-16,25,35H,4,10,12H2,1H3,(H,36,39)(H,40,41)/b3-2+/t16-,25+/m1/s1. The van der Waals surface area contributed by atoms with Gasteiger partial charge in [-0.25, -0.2) is 13.6 Å². The van der Waals surface area contributed by atoms with E-state index in [0.29, 0.717) is 28.9 Å². The zero-order valence-corrected chi connectivity index (χ0v) is 22.6. The van der Waals surface area contributed by atoms with Crippen LogP contribution in [0, 0.1) is 17.6 Å². The molecule has 0 spiro atoms. The number of anilines is 2. The van der Waals surface area contributed by atoms with E-state index in [4.69, 9.17) is 16.7 Å². The Labute approximate surface area is 239 Å².